The van der Waals surface area contributed by atoms with Crippen molar-refractivity contribution < 1.29 is 9.90 Å². The van der Waals surface area contributed by atoms with Gasteiger partial charge in [-0.15, -0.1) is 0 Å². The molecule has 0 aromatic heterocycles. The Morgan fingerprint density at radius 2 is 1.84 bits per heavy atom. The highest BCUT2D eigenvalue weighted by molar-refractivity contribution is 5.75. The summed E-state index contributed by atoms with van der Waals surface area (Å²) in [7, 11) is 0. The van der Waals surface area contributed by atoms with Crippen LogP contribution in [0.15, 0.2) is 24.3 Å². The van der Waals surface area contributed by atoms with Gasteiger partial charge in [-0.25, -0.2) is 0 Å². The van der Waals surface area contributed by atoms with Crippen LogP contribution in [-0.2, 0) is 4.79 Å². The number of benzene rings is 1. The molecule has 0 aliphatic rings. The van der Waals surface area contributed by atoms with Crippen molar-refractivity contribution in [2.24, 2.45) is 11.7 Å². The molecule has 0 bridgehead atoms. The van der Waals surface area contributed by atoms with Crippen molar-refractivity contribution in [2.45, 2.75) is 20.0 Å². The van der Waals surface area contributed by atoms with Crippen LogP contribution in [0.2, 0.25) is 0 Å². The van der Waals surface area contributed by atoms with Gasteiger partial charge in [0.15, 0.2) is 0 Å². The van der Waals surface area contributed by atoms with Crippen molar-refractivity contribution in [1.82, 2.24) is 4.90 Å². The Bertz CT molecular complexity index is 404. The third-order valence-corrected chi connectivity index (χ3v) is 2.76. The lowest BCUT2D eigenvalue weighted by atomic mass is 10.1. The topological polar surface area (TPSA) is 92.6 Å². The van der Waals surface area contributed by atoms with Gasteiger partial charge >= 0.3 is 0 Å². The Balaban J connectivity index is 2.66. The average Bonchev–Trinajstić information content (AvgIpc) is 2.27. The molecule has 106 valence electrons. The van der Waals surface area contributed by atoms with E-state index >= 15 is 0 Å². The Hall–Kier alpha value is -1.59. The molecule has 0 radical (unpaired) electrons. The zero-order valence-corrected chi connectivity index (χ0v) is 11.5. The van der Waals surface area contributed by atoms with E-state index in [4.69, 9.17) is 11.5 Å². The van der Waals surface area contributed by atoms with E-state index in [0.717, 1.165) is 12.1 Å². The van der Waals surface area contributed by atoms with Gasteiger partial charge in [-0.05, 0) is 23.6 Å². The van der Waals surface area contributed by atoms with Gasteiger partial charge in [0, 0.05) is 18.8 Å². The molecular formula is C14H23N3O2. The van der Waals surface area contributed by atoms with Gasteiger partial charge in [0.25, 0.3) is 0 Å². The minimum atomic E-state index is -0.654. The van der Waals surface area contributed by atoms with Crippen molar-refractivity contribution in [3.8, 4) is 0 Å². The lowest BCUT2D eigenvalue weighted by Gasteiger charge is -2.25. The molecule has 1 amide bonds. The van der Waals surface area contributed by atoms with Crippen LogP contribution in [0.5, 0.6) is 0 Å². The lowest BCUT2D eigenvalue weighted by Crippen LogP contribution is -2.38. The Kier molecular flexibility index (Phi) is 5.79. The number of amides is 1. The molecule has 5 heteroatoms. The molecule has 5 N–H and O–H groups in total. The van der Waals surface area contributed by atoms with Crippen LogP contribution < -0.4 is 11.5 Å². The quantitative estimate of drug-likeness (QED) is 0.634. The van der Waals surface area contributed by atoms with Crippen LogP contribution in [0.25, 0.3) is 0 Å². The number of carbonyl (C=O) groups excluding carboxylic acids is 1. The molecule has 1 unspecified atom stereocenters. The van der Waals surface area contributed by atoms with Crippen molar-refractivity contribution in [3.63, 3.8) is 0 Å². The largest absolute Gasteiger partial charge is 0.399 e. The Labute approximate surface area is 114 Å². The number of nitrogens with two attached hydrogens (primary N) is 2. The molecule has 1 atom stereocenters. The minimum absolute atomic E-state index is 0.157. The Morgan fingerprint density at radius 1 is 1.26 bits per heavy atom. The number of aliphatic hydroxyl groups is 1. The summed E-state index contributed by atoms with van der Waals surface area (Å²) in [5, 5.41) is 10.2. The molecule has 19 heavy (non-hydrogen) atoms. The zero-order valence-electron chi connectivity index (χ0n) is 11.5. The maximum atomic E-state index is 11.0. The first-order chi connectivity index (χ1) is 8.88. The maximum absolute atomic E-state index is 11.0. The molecule has 0 saturated heterocycles. The highest BCUT2D eigenvalue weighted by Crippen LogP contribution is 2.16. The SMILES string of the molecule is CC(C)CN(CC(N)=O)CC(O)c1ccc(N)cc1. The van der Waals surface area contributed by atoms with E-state index in [-0.39, 0.29) is 12.5 Å². The predicted molar refractivity (Wildman–Crippen MR) is 76.3 cm³/mol. The third kappa shape index (κ3) is 5.72. The van der Waals surface area contributed by atoms with Gasteiger partial charge in [-0.1, -0.05) is 26.0 Å². The second-order valence-corrected chi connectivity index (χ2v) is 5.24. The van der Waals surface area contributed by atoms with Gasteiger partial charge in [0.2, 0.25) is 5.91 Å². The van der Waals surface area contributed by atoms with Gasteiger partial charge in [0.05, 0.1) is 12.6 Å². The van der Waals surface area contributed by atoms with Gasteiger partial charge in [-0.3, -0.25) is 9.69 Å². The third-order valence-electron chi connectivity index (χ3n) is 2.76. The van der Waals surface area contributed by atoms with Crippen molar-refractivity contribution in [1.29, 1.82) is 0 Å². The number of carbonyl (C=O) groups is 1. The first-order valence-electron chi connectivity index (χ1n) is 6.42. The normalized spacial score (nSPS) is 12.9. The van der Waals surface area contributed by atoms with Gasteiger partial charge in [0.1, 0.15) is 0 Å². The van der Waals surface area contributed by atoms with Crippen LogP contribution in [0.3, 0.4) is 0 Å². The van der Waals surface area contributed by atoms with E-state index in [1.807, 2.05) is 4.90 Å². The fourth-order valence-electron chi connectivity index (χ4n) is 2.01. The highest BCUT2D eigenvalue weighted by Gasteiger charge is 2.16. The summed E-state index contributed by atoms with van der Waals surface area (Å²) in [6.07, 6.45) is -0.654. The summed E-state index contributed by atoms with van der Waals surface area (Å²) in [6.45, 7) is 5.37. The number of hydrogen-bond acceptors (Lipinski definition) is 4. The molecule has 0 saturated carbocycles. The number of nitrogens with zero attached hydrogens (tertiary/aromatic N) is 1. The average molecular weight is 265 g/mol. The molecule has 0 spiro atoms. The molecule has 0 fully saturated rings. The summed E-state index contributed by atoms with van der Waals surface area (Å²) in [4.78, 5) is 12.9. The number of primary amides is 1. The van der Waals surface area contributed by atoms with Crippen LogP contribution in [-0.4, -0.2) is 35.5 Å². The van der Waals surface area contributed by atoms with E-state index in [9.17, 15) is 9.90 Å². The monoisotopic (exact) mass is 265 g/mol. The molecule has 0 aliphatic carbocycles. The standard InChI is InChI=1S/C14H23N3O2/c1-10(2)7-17(9-14(16)19)8-13(18)11-3-5-12(15)6-4-11/h3-6,10,13,18H,7-9,15H2,1-2H3,(H2,16,19). The van der Waals surface area contributed by atoms with Crippen LogP contribution in [0.4, 0.5) is 5.69 Å². The Morgan fingerprint density at radius 3 is 2.32 bits per heavy atom. The predicted octanol–water partition coefficient (Wildman–Crippen LogP) is 0.746. The summed E-state index contributed by atoms with van der Waals surface area (Å²) in [5.41, 5.74) is 12.3. The summed E-state index contributed by atoms with van der Waals surface area (Å²) in [6, 6.07) is 7.08. The number of aliphatic hydroxyl groups excluding tert-OH is 1. The van der Waals surface area contributed by atoms with Crippen LogP contribution in [0.1, 0.15) is 25.5 Å². The van der Waals surface area contributed by atoms with Crippen molar-refractivity contribution >= 4 is 11.6 Å². The second-order valence-electron chi connectivity index (χ2n) is 5.24. The first-order valence-corrected chi connectivity index (χ1v) is 6.42. The van der Waals surface area contributed by atoms with E-state index in [0.29, 0.717) is 18.2 Å². The molecule has 5 nitrogen and oxygen atoms in total. The molecule has 0 heterocycles. The van der Waals surface area contributed by atoms with E-state index in [1.54, 1.807) is 24.3 Å². The fourth-order valence-corrected chi connectivity index (χ4v) is 2.01. The number of anilines is 1. The van der Waals surface area contributed by atoms with E-state index < -0.39 is 6.10 Å². The van der Waals surface area contributed by atoms with Crippen molar-refractivity contribution in [3.05, 3.63) is 29.8 Å². The number of hydrogen-bond donors (Lipinski definition) is 3. The van der Waals surface area contributed by atoms with Crippen LogP contribution in [0, 0.1) is 5.92 Å². The summed E-state index contributed by atoms with van der Waals surface area (Å²) >= 11 is 0. The van der Waals surface area contributed by atoms with Crippen LogP contribution >= 0.6 is 0 Å². The van der Waals surface area contributed by atoms with E-state index in [1.165, 1.54) is 0 Å². The molecular weight excluding hydrogens is 242 g/mol. The summed E-state index contributed by atoms with van der Waals surface area (Å²) < 4.78 is 0. The number of nitrogen functional groups attached to an aromatic ring is 1. The smallest absolute Gasteiger partial charge is 0.231 e. The fraction of sp³-hybridized carbons (Fsp3) is 0.500. The van der Waals surface area contributed by atoms with Gasteiger partial charge < -0.3 is 16.6 Å². The van der Waals surface area contributed by atoms with Crippen molar-refractivity contribution in [2.75, 3.05) is 25.4 Å². The molecule has 1 aromatic rings. The minimum Gasteiger partial charge on any atom is -0.399 e. The van der Waals surface area contributed by atoms with E-state index in [2.05, 4.69) is 13.8 Å². The molecule has 1 aromatic carbocycles. The van der Waals surface area contributed by atoms with Gasteiger partial charge in [-0.2, -0.15) is 0 Å². The zero-order chi connectivity index (χ0) is 14.4. The molecule has 0 aliphatic heterocycles. The maximum Gasteiger partial charge on any atom is 0.231 e. The number of rotatable bonds is 7. The molecule has 1 rings (SSSR count). The highest BCUT2D eigenvalue weighted by atomic mass is 16.3. The lowest BCUT2D eigenvalue weighted by molar-refractivity contribution is -0.119. The summed E-state index contributed by atoms with van der Waals surface area (Å²) in [5.74, 6) is 0.0168. The second kappa shape index (κ2) is 7.11. The first kappa shape index (κ1) is 15.5.